The first kappa shape index (κ1) is 14.5. The van der Waals surface area contributed by atoms with Crippen LogP contribution in [-0.4, -0.2) is 6.21 Å². The summed E-state index contributed by atoms with van der Waals surface area (Å²) in [5.74, 6) is 0. The molecular formula is C13H8Cl4N2. The summed E-state index contributed by atoms with van der Waals surface area (Å²) in [6.07, 6.45) is 1.57. The molecule has 0 bridgehead atoms. The van der Waals surface area contributed by atoms with E-state index in [4.69, 9.17) is 46.4 Å². The molecule has 19 heavy (non-hydrogen) atoms. The van der Waals surface area contributed by atoms with Crippen molar-refractivity contribution in [3.05, 3.63) is 62.1 Å². The van der Waals surface area contributed by atoms with Crippen LogP contribution in [0, 0.1) is 0 Å². The molecule has 0 fully saturated rings. The predicted molar refractivity (Wildman–Crippen MR) is 84.1 cm³/mol. The minimum absolute atomic E-state index is 0.492. The monoisotopic (exact) mass is 332 g/mol. The van der Waals surface area contributed by atoms with Crippen LogP contribution in [0.5, 0.6) is 0 Å². The molecule has 1 N–H and O–H groups in total. The van der Waals surface area contributed by atoms with Crippen LogP contribution < -0.4 is 5.43 Å². The van der Waals surface area contributed by atoms with Crippen molar-refractivity contribution in [2.75, 3.05) is 5.43 Å². The third-order valence-corrected chi connectivity index (χ3v) is 3.50. The molecule has 2 nitrogen and oxygen atoms in total. The summed E-state index contributed by atoms with van der Waals surface area (Å²) < 4.78 is 0. The van der Waals surface area contributed by atoms with Gasteiger partial charge in [0.1, 0.15) is 0 Å². The highest BCUT2D eigenvalue weighted by molar-refractivity contribution is 6.39. The largest absolute Gasteiger partial charge is 0.275 e. The van der Waals surface area contributed by atoms with Crippen molar-refractivity contribution in [1.82, 2.24) is 0 Å². The van der Waals surface area contributed by atoms with Gasteiger partial charge in [-0.1, -0.05) is 58.5 Å². The van der Waals surface area contributed by atoms with Gasteiger partial charge in [-0.15, -0.1) is 0 Å². The van der Waals surface area contributed by atoms with Gasteiger partial charge in [-0.3, -0.25) is 5.43 Å². The Labute approximate surface area is 130 Å². The summed E-state index contributed by atoms with van der Waals surface area (Å²) >= 11 is 23.8. The predicted octanol–water partition coefficient (Wildman–Crippen LogP) is 5.75. The molecule has 0 atom stereocenters. The lowest BCUT2D eigenvalue weighted by atomic mass is 10.2. The normalized spacial score (nSPS) is 10.9. The van der Waals surface area contributed by atoms with E-state index in [1.54, 1.807) is 42.6 Å². The Morgan fingerprint density at radius 3 is 2.21 bits per heavy atom. The Kier molecular flexibility index (Phi) is 4.94. The topological polar surface area (TPSA) is 24.4 Å². The highest BCUT2D eigenvalue weighted by Crippen LogP contribution is 2.29. The van der Waals surface area contributed by atoms with E-state index >= 15 is 0 Å². The van der Waals surface area contributed by atoms with E-state index in [0.717, 1.165) is 5.56 Å². The van der Waals surface area contributed by atoms with Crippen LogP contribution in [0.2, 0.25) is 20.1 Å². The van der Waals surface area contributed by atoms with E-state index in [0.29, 0.717) is 25.8 Å². The second-order valence-corrected chi connectivity index (χ2v) is 5.29. The van der Waals surface area contributed by atoms with Crippen molar-refractivity contribution in [2.45, 2.75) is 0 Å². The molecule has 0 radical (unpaired) electrons. The Bertz CT molecular complexity index is 606. The summed E-state index contributed by atoms with van der Waals surface area (Å²) in [6.45, 7) is 0. The number of rotatable bonds is 3. The van der Waals surface area contributed by atoms with Gasteiger partial charge in [0.05, 0.1) is 27.0 Å². The lowest BCUT2D eigenvalue weighted by Crippen LogP contribution is -1.93. The maximum absolute atomic E-state index is 6.02. The van der Waals surface area contributed by atoms with Crippen molar-refractivity contribution in [1.29, 1.82) is 0 Å². The number of para-hydroxylation sites is 1. The average molecular weight is 334 g/mol. The first-order valence-electron chi connectivity index (χ1n) is 5.26. The van der Waals surface area contributed by atoms with Gasteiger partial charge in [0.25, 0.3) is 0 Å². The molecule has 0 amide bonds. The zero-order valence-electron chi connectivity index (χ0n) is 9.50. The van der Waals surface area contributed by atoms with Gasteiger partial charge in [-0.05, 0) is 24.3 Å². The van der Waals surface area contributed by atoms with Crippen molar-refractivity contribution < 1.29 is 0 Å². The molecule has 0 aliphatic rings. The summed E-state index contributed by atoms with van der Waals surface area (Å²) in [6, 6.07) is 10.4. The van der Waals surface area contributed by atoms with E-state index in [2.05, 4.69) is 10.5 Å². The van der Waals surface area contributed by atoms with Gasteiger partial charge >= 0.3 is 0 Å². The minimum Gasteiger partial charge on any atom is -0.275 e. The Morgan fingerprint density at radius 2 is 1.58 bits per heavy atom. The number of hydrogen-bond acceptors (Lipinski definition) is 2. The van der Waals surface area contributed by atoms with E-state index in [9.17, 15) is 0 Å². The van der Waals surface area contributed by atoms with Crippen LogP contribution in [0.3, 0.4) is 0 Å². The minimum atomic E-state index is 0.492. The molecule has 0 saturated heterocycles. The first-order chi connectivity index (χ1) is 9.08. The van der Waals surface area contributed by atoms with E-state index < -0.39 is 0 Å². The van der Waals surface area contributed by atoms with Crippen LogP contribution in [0.4, 0.5) is 5.69 Å². The average Bonchev–Trinajstić information content (AvgIpc) is 2.35. The van der Waals surface area contributed by atoms with Gasteiger partial charge in [-0.25, -0.2) is 0 Å². The highest BCUT2D eigenvalue weighted by Gasteiger charge is 2.03. The second kappa shape index (κ2) is 6.49. The number of anilines is 1. The highest BCUT2D eigenvalue weighted by atomic mass is 35.5. The van der Waals surface area contributed by atoms with Crippen molar-refractivity contribution in [2.24, 2.45) is 5.10 Å². The van der Waals surface area contributed by atoms with Crippen molar-refractivity contribution >= 4 is 58.3 Å². The van der Waals surface area contributed by atoms with Gasteiger partial charge < -0.3 is 0 Å². The molecule has 98 valence electrons. The Hall–Kier alpha value is -0.930. The summed E-state index contributed by atoms with van der Waals surface area (Å²) in [7, 11) is 0. The van der Waals surface area contributed by atoms with Crippen LogP contribution in [-0.2, 0) is 0 Å². The lowest BCUT2D eigenvalue weighted by molar-refractivity contribution is 1.35. The molecule has 0 heterocycles. The maximum atomic E-state index is 6.02. The molecule has 0 unspecified atom stereocenters. The summed E-state index contributed by atoms with van der Waals surface area (Å²) in [5.41, 5.74) is 4.07. The standard InChI is InChI=1S/C13H8Cl4N2/c14-9-5-4-8(12(17)6-9)7-18-19-13-10(15)2-1-3-11(13)16/h1-7,19H/b18-7+. The zero-order chi connectivity index (χ0) is 13.8. The number of hydrazone groups is 1. The number of halogens is 4. The van der Waals surface area contributed by atoms with Crippen molar-refractivity contribution in [3.8, 4) is 0 Å². The molecule has 0 aromatic heterocycles. The number of hydrogen-bond donors (Lipinski definition) is 1. The smallest absolute Gasteiger partial charge is 0.0934 e. The van der Waals surface area contributed by atoms with Crippen LogP contribution >= 0.6 is 46.4 Å². The molecule has 0 aliphatic carbocycles. The molecule has 0 spiro atoms. The van der Waals surface area contributed by atoms with Gasteiger partial charge in [0.15, 0.2) is 0 Å². The zero-order valence-corrected chi connectivity index (χ0v) is 12.5. The molecule has 0 saturated carbocycles. The number of benzene rings is 2. The second-order valence-electron chi connectivity index (χ2n) is 3.63. The molecule has 2 rings (SSSR count). The molecule has 6 heteroatoms. The fourth-order valence-corrected chi connectivity index (χ4v) is 2.32. The summed E-state index contributed by atoms with van der Waals surface area (Å²) in [4.78, 5) is 0. The maximum Gasteiger partial charge on any atom is 0.0934 e. The van der Waals surface area contributed by atoms with Crippen LogP contribution in [0.15, 0.2) is 41.5 Å². The van der Waals surface area contributed by atoms with Gasteiger partial charge in [0.2, 0.25) is 0 Å². The summed E-state index contributed by atoms with van der Waals surface area (Å²) in [5, 5.41) is 6.13. The van der Waals surface area contributed by atoms with Gasteiger partial charge in [0, 0.05) is 10.6 Å². The van der Waals surface area contributed by atoms with E-state index in [1.807, 2.05) is 0 Å². The van der Waals surface area contributed by atoms with Crippen LogP contribution in [0.1, 0.15) is 5.56 Å². The third kappa shape index (κ3) is 3.77. The quantitative estimate of drug-likeness (QED) is 0.561. The molecule has 2 aromatic carbocycles. The molecule has 0 aliphatic heterocycles. The Morgan fingerprint density at radius 1 is 0.895 bits per heavy atom. The first-order valence-corrected chi connectivity index (χ1v) is 6.77. The number of nitrogens with one attached hydrogen (secondary N) is 1. The lowest BCUT2D eigenvalue weighted by Gasteiger charge is -2.05. The van der Waals surface area contributed by atoms with E-state index in [1.165, 1.54) is 0 Å². The number of nitrogens with zero attached hydrogens (tertiary/aromatic N) is 1. The van der Waals surface area contributed by atoms with Crippen molar-refractivity contribution in [3.63, 3.8) is 0 Å². The Balaban J connectivity index is 2.16. The van der Waals surface area contributed by atoms with E-state index in [-0.39, 0.29) is 0 Å². The van der Waals surface area contributed by atoms with Crippen LogP contribution in [0.25, 0.3) is 0 Å². The van der Waals surface area contributed by atoms with Gasteiger partial charge in [-0.2, -0.15) is 5.10 Å². The fourth-order valence-electron chi connectivity index (χ4n) is 1.38. The SMILES string of the molecule is Clc1ccc(/C=N/Nc2c(Cl)cccc2Cl)c(Cl)c1. The fraction of sp³-hybridized carbons (Fsp3) is 0. The molecular weight excluding hydrogens is 326 g/mol. The molecule has 2 aromatic rings. The third-order valence-electron chi connectivity index (χ3n) is 2.31.